The fourth-order valence-electron chi connectivity index (χ4n) is 4.11. The Balaban J connectivity index is 1.53. The average molecular weight is 426 g/mol. The maximum absolute atomic E-state index is 13.7. The van der Waals surface area contributed by atoms with E-state index >= 15 is 0 Å². The van der Waals surface area contributed by atoms with Crippen LogP contribution in [0.25, 0.3) is 11.0 Å². The lowest BCUT2D eigenvalue weighted by molar-refractivity contribution is -0.127. The molecule has 1 aliphatic heterocycles. The molecule has 2 unspecified atom stereocenters. The second-order valence-corrected chi connectivity index (χ2v) is 7.96. The highest BCUT2D eigenvalue weighted by Crippen LogP contribution is 2.31. The molecule has 2 atom stereocenters. The summed E-state index contributed by atoms with van der Waals surface area (Å²) < 4.78 is 28.3. The SMILES string of the molecule is Cc1cccc(N2CC(C(=O)NC(C)c3nc4ccccc4n3C(F)F)CC2=O)c1C. The molecule has 0 saturated carbocycles. The molecule has 2 amide bonds. The number of fused-ring (bicyclic) bond motifs is 1. The first kappa shape index (κ1) is 21.0. The Bertz CT molecular complexity index is 1160. The number of nitrogens with one attached hydrogen (secondary N) is 1. The number of aromatic nitrogens is 2. The molecule has 8 heteroatoms. The lowest BCUT2D eigenvalue weighted by atomic mass is 10.1. The number of nitrogens with zero attached hydrogens (tertiary/aromatic N) is 3. The van der Waals surface area contributed by atoms with Gasteiger partial charge in [0.15, 0.2) is 0 Å². The number of carbonyl (C=O) groups excluding carboxylic acids is 2. The minimum Gasteiger partial charge on any atom is -0.346 e. The van der Waals surface area contributed by atoms with Crippen LogP contribution in [-0.4, -0.2) is 27.9 Å². The van der Waals surface area contributed by atoms with Crippen molar-refractivity contribution in [3.8, 4) is 0 Å². The first-order valence-corrected chi connectivity index (χ1v) is 10.2. The van der Waals surface area contributed by atoms with Crippen molar-refractivity contribution in [1.82, 2.24) is 14.9 Å². The topological polar surface area (TPSA) is 67.2 Å². The van der Waals surface area contributed by atoms with Crippen molar-refractivity contribution in [3.63, 3.8) is 0 Å². The molecule has 31 heavy (non-hydrogen) atoms. The van der Waals surface area contributed by atoms with Gasteiger partial charge < -0.3 is 10.2 Å². The molecular weight excluding hydrogens is 402 g/mol. The van der Waals surface area contributed by atoms with Crippen LogP contribution >= 0.6 is 0 Å². The second kappa shape index (κ2) is 8.09. The third-order valence-corrected chi connectivity index (χ3v) is 5.93. The molecule has 1 aromatic heterocycles. The summed E-state index contributed by atoms with van der Waals surface area (Å²) in [5.74, 6) is -0.942. The van der Waals surface area contributed by atoms with Crippen LogP contribution in [0.15, 0.2) is 42.5 Å². The number of imidazole rings is 1. The highest BCUT2D eigenvalue weighted by Gasteiger charge is 2.36. The normalized spacial score (nSPS) is 17.5. The molecule has 0 radical (unpaired) electrons. The molecule has 2 aromatic carbocycles. The number of hydrogen-bond donors (Lipinski definition) is 1. The van der Waals surface area contributed by atoms with E-state index < -0.39 is 18.5 Å². The molecule has 0 aliphatic carbocycles. The first-order chi connectivity index (χ1) is 14.8. The predicted molar refractivity (Wildman–Crippen MR) is 114 cm³/mol. The van der Waals surface area contributed by atoms with E-state index in [0.717, 1.165) is 21.4 Å². The Hall–Kier alpha value is -3.29. The highest BCUT2D eigenvalue weighted by atomic mass is 19.3. The number of benzene rings is 2. The molecule has 1 saturated heterocycles. The third-order valence-electron chi connectivity index (χ3n) is 5.93. The summed E-state index contributed by atoms with van der Waals surface area (Å²) in [4.78, 5) is 31.4. The summed E-state index contributed by atoms with van der Waals surface area (Å²) in [7, 11) is 0. The van der Waals surface area contributed by atoms with Gasteiger partial charge >= 0.3 is 6.55 Å². The van der Waals surface area contributed by atoms with Crippen LogP contribution in [0.5, 0.6) is 0 Å². The van der Waals surface area contributed by atoms with Gasteiger partial charge in [0.25, 0.3) is 0 Å². The van der Waals surface area contributed by atoms with Crippen LogP contribution in [0.3, 0.4) is 0 Å². The fraction of sp³-hybridized carbons (Fsp3) is 0.348. The second-order valence-electron chi connectivity index (χ2n) is 7.96. The van der Waals surface area contributed by atoms with Gasteiger partial charge in [0.05, 0.1) is 23.0 Å². The molecule has 1 fully saturated rings. The number of para-hydroxylation sites is 2. The van der Waals surface area contributed by atoms with Gasteiger partial charge in [-0.25, -0.2) is 4.98 Å². The number of halogens is 2. The van der Waals surface area contributed by atoms with E-state index in [2.05, 4.69) is 10.3 Å². The number of anilines is 1. The van der Waals surface area contributed by atoms with Crippen molar-refractivity contribution in [2.45, 2.75) is 39.8 Å². The number of amides is 2. The first-order valence-electron chi connectivity index (χ1n) is 10.2. The van der Waals surface area contributed by atoms with Crippen molar-refractivity contribution in [1.29, 1.82) is 0 Å². The third kappa shape index (κ3) is 3.78. The van der Waals surface area contributed by atoms with Gasteiger partial charge in [-0.2, -0.15) is 8.78 Å². The number of aryl methyl sites for hydroxylation is 1. The lowest BCUT2D eigenvalue weighted by Gasteiger charge is -2.21. The smallest absolute Gasteiger partial charge is 0.320 e. The fourth-order valence-corrected chi connectivity index (χ4v) is 4.11. The quantitative estimate of drug-likeness (QED) is 0.662. The zero-order chi connectivity index (χ0) is 22.3. The molecule has 0 spiro atoms. The molecule has 4 rings (SSSR count). The van der Waals surface area contributed by atoms with Crippen LogP contribution in [0, 0.1) is 19.8 Å². The number of rotatable bonds is 5. The molecule has 3 aromatic rings. The van der Waals surface area contributed by atoms with E-state index in [1.807, 2.05) is 32.0 Å². The molecule has 162 valence electrons. The van der Waals surface area contributed by atoms with Gasteiger partial charge in [0.2, 0.25) is 11.8 Å². The largest absolute Gasteiger partial charge is 0.346 e. The number of alkyl halides is 2. The highest BCUT2D eigenvalue weighted by molar-refractivity contribution is 6.01. The maximum Gasteiger partial charge on any atom is 0.320 e. The van der Waals surface area contributed by atoms with Crippen LogP contribution in [0.4, 0.5) is 14.5 Å². The van der Waals surface area contributed by atoms with E-state index in [1.54, 1.807) is 36.1 Å². The van der Waals surface area contributed by atoms with Gasteiger partial charge in [-0.15, -0.1) is 0 Å². The molecule has 2 heterocycles. The van der Waals surface area contributed by atoms with Gasteiger partial charge in [0, 0.05) is 18.7 Å². The maximum atomic E-state index is 13.7. The zero-order valence-corrected chi connectivity index (χ0v) is 17.6. The van der Waals surface area contributed by atoms with Crippen LogP contribution in [0.2, 0.25) is 0 Å². The van der Waals surface area contributed by atoms with Gasteiger partial charge in [-0.05, 0) is 50.1 Å². The van der Waals surface area contributed by atoms with E-state index in [0.29, 0.717) is 11.0 Å². The summed E-state index contributed by atoms with van der Waals surface area (Å²) in [6.07, 6.45) is 0.0806. The van der Waals surface area contributed by atoms with E-state index in [-0.39, 0.29) is 30.6 Å². The van der Waals surface area contributed by atoms with Crippen LogP contribution in [-0.2, 0) is 9.59 Å². The summed E-state index contributed by atoms with van der Waals surface area (Å²) in [5, 5.41) is 2.78. The van der Waals surface area contributed by atoms with Crippen molar-refractivity contribution in [3.05, 3.63) is 59.4 Å². The van der Waals surface area contributed by atoms with Crippen molar-refractivity contribution < 1.29 is 18.4 Å². The summed E-state index contributed by atoms with van der Waals surface area (Å²) in [6.45, 7) is 3.02. The van der Waals surface area contributed by atoms with Gasteiger partial charge in [0.1, 0.15) is 5.82 Å². The minimum atomic E-state index is -2.78. The number of carbonyl (C=O) groups is 2. The van der Waals surface area contributed by atoms with Crippen molar-refractivity contribution >= 4 is 28.5 Å². The monoisotopic (exact) mass is 426 g/mol. The Labute approximate surface area is 178 Å². The van der Waals surface area contributed by atoms with Gasteiger partial charge in [-0.1, -0.05) is 24.3 Å². The van der Waals surface area contributed by atoms with E-state index in [1.165, 1.54) is 0 Å². The summed E-state index contributed by atoms with van der Waals surface area (Å²) in [5.41, 5.74) is 3.61. The zero-order valence-electron chi connectivity index (χ0n) is 17.6. The van der Waals surface area contributed by atoms with Gasteiger partial charge in [-0.3, -0.25) is 14.2 Å². The molecule has 0 bridgehead atoms. The average Bonchev–Trinajstić information content (AvgIpc) is 3.31. The van der Waals surface area contributed by atoms with Crippen molar-refractivity contribution in [2.75, 3.05) is 11.4 Å². The lowest BCUT2D eigenvalue weighted by Crippen LogP contribution is -2.35. The standard InChI is InChI=1S/C23H24F2N4O2/c1-13-7-6-10-18(14(13)2)28-12-16(11-20(28)30)22(31)26-15(3)21-27-17-8-4-5-9-19(17)29(21)23(24)25/h4-10,15-16,23H,11-12H2,1-3H3,(H,26,31). The van der Waals surface area contributed by atoms with Crippen molar-refractivity contribution in [2.24, 2.45) is 5.92 Å². The number of hydrogen-bond acceptors (Lipinski definition) is 3. The predicted octanol–water partition coefficient (Wildman–Crippen LogP) is 4.28. The van der Waals surface area contributed by atoms with Crippen LogP contribution in [0.1, 0.15) is 42.9 Å². The minimum absolute atomic E-state index is 0.0806. The Kier molecular flexibility index (Phi) is 5.47. The van der Waals surface area contributed by atoms with E-state index in [9.17, 15) is 18.4 Å². The Morgan fingerprint density at radius 2 is 1.90 bits per heavy atom. The molecule has 6 nitrogen and oxygen atoms in total. The molecule has 1 aliphatic rings. The summed E-state index contributed by atoms with van der Waals surface area (Å²) >= 11 is 0. The molecule has 1 N–H and O–H groups in total. The summed E-state index contributed by atoms with van der Waals surface area (Å²) in [6, 6.07) is 11.6. The van der Waals surface area contributed by atoms with Crippen LogP contribution < -0.4 is 10.2 Å². The Morgan fingerprint density at radius 1 is 1.16 bits per heavy atom. The Morgan fingerprint density at radius 3 is 2.65 bits per heavy atom. The van der Waals surface area contributed by atoms with E-state index in [4.69, 9.17) is 0 Å². The molecular formula is C23H24F2N4O2.